The second-order valence-electron chi connectivity index (χ2n) is 4.00. The number of hydrogen-bond acceptors (Lipinski definition) is 5. The van der Waals surface area contributed by atoms with Crippen molar-refractivity contribution in [1.82, 2.24) is 0 Å². The quantitative estimate of drug-likeness (QED) is 0.572. The first kappa shape index (κ1) is 12.3. The lowest BCUT2D eigenvalue weighted by Gasteiger charge is -2.21. The van der Waals surface area contributed by atoms with Gasteiger partial charge in [-0.1, -0.05) is 12.1 Å². The number of hydrogen-bond donors (Lipinski definition) is 0. The predicted octanol–water partition coefficient (Wildman–Crippen LogP) is 1.64. The highest BCUT2D eigenvalue weighted by atomic mass is 32.2. The zero-order valence-corrected chi connectivity index (χ0v) is 10.3. The van der Waals surface area contributed by atoms with Gasteiger partial charge in [0.1, 0.15) is 22.8 Å². The third-order valence-electron chi connectivity index (χ3n) is 2.55. The molecule has 0 saturated heterocycles. The van der Waals surface area contributed by atoms with Crippen LogP contribution in [0.2, 0.25) is 0 Å². The van der Waals surface area contributed by atoms with E-state index in [1.807, 2.05) is 6.07 Å². The van der Waals surface area contributed by atoms with Crippen LogP contribution < -0.4 is 9.80 Å². The van der Waals surface area contributed by atoms with Gasteiger partial charge in [-0.05, 0) is 30.9 Å². The fraction of sp³-hybridized carbons (Fsp3) is 0.455. The highest BCUT2D eigenvalue weighted by molar-refractivity contribution is 7.74. The van der Waals surface area contributed by atoms with Crippen LogP contribution in [-0.4, -0.2) is 22.4 Å². The molecule has 1 fully saturated rings. The third-order valence-corrected chi connectivity index (χ3v) is 2.89. The number of anilines is 1. The first-order valence-electron chi connectivity index (χ1n) is 5.40. The lowest BCUT2D eigenvalue weighted by molar-refractivity contribution is 0.271. The van der Waals surface area contributed by atoms with Gasteiger partial charge in [-0.2, -0.15) is 4.28 Å². The van der Waals surface area contributed by atoms with Crippen molar-refractivity contribution < 1.29 is 17.8 Å². The van der Waals surface area contributed by atoms with Crippen LogP contribution in [-0.2, 0) is 15.6 Å². The van der Waals surface area contributed by atoms with E-state index in [4.69, 9.17) is 4.74 Å². The van der Waals surface area contributed by atoms with Crippen LogP contribution in [0.5, 0.6) is 5.75 Å². The summed E-state index contributed by atoms with van der Waals surface area (Å²) in [5, 5.41) is 1.17. The van der Waals surface area contributed by atoms with E-state index in [0.29, 0.717) is 24.0 Å². The Morgan fingerprint density at radius 1 is 1.47 bits per heavy atom. The Kier molecular flexibility index (Phi) is 3.98. The van der Waals surface area contributed by atoms with Gasteiger partial charge in [0, 0.05) is 7.05 Å². The van der Waals surface area contributed by atoms with Crippen LogP contribution in [0.1, 0.15) is 12.8 Å². The van der Waals surface area contributed by atoms with Gasteiger partial charge in [0.25, 0.3) is 0 Å². The summed E-state index contributed by atoms with van der Waals surface area (Å²) < 4.78 is 31.1. The Balaban J connectivity index is 2.05. The summed E-state index contributed by atoms with van der Waals surface area (Å²) >= 11 is -2.58. The number of rotatable bonds is 6. The molecule has 0 aliphatic heterocycles. The summed E-state index contributed by atoms with van der Waals surface area (Å²) in [4.78, 5) is 0. The van der Waals surface area contributed by atoms with Gasteiger partial charge in [0.15, 0.2) is 0 Å². The standard InChI is InChI=1S/C11H15NO4S/c1-12(16-17(13)14)10-4-2-3-5-11(10)15-8-9-6-7-9/h2-5,9H,6-8H2,1H3,(H,13,14)/p-1. The summed E-state index contributed by atoms with van der Waals surface area (Å²) in [5.74, 6) is 1.27. The molecule has 2 rings (SSSR count). The average molecular weight is 256 g/mol. The molecule has 5 nitrogen and oxygen atoms in total. The Morgan fingerprint density at radius 2 is 2.18 bits per heavy atom. The molecule has 1 aromatic carbocycles. The van der Waals surface area contributed by atoms with Crippen molar-refractivity contribution in [2.75, 3.05) is 18.7 Å². The van der Waals surface area contributed by atoms with Crippen molar-refractivity contribution in [1.29, 1.82) is 0 Å². The van der Waals surface area contributed by atoms with Gasteiger partial charge < -0.3 is 9.29 Å². The molecule has 6 heteroatoms. The van der Waals surface area contributed by atoms with Crippen LogP contribution in [0.4, 0.5) is 5.69 Å². The summed E-state index contributed by atoms with van der Waals surface area (Å²) in [6.45, 7) is 0.672. The van der Waals surface area contributed by atoms with Gasteiger partial charge in [0.05, 0.1) is 6.61 Å². The molecule has 1 saturated carbocycles. The van der Waals surface area contributed by atoms with Gasteiger partial charge in [-0.15, -0.1) is 0 Å². The maximum Gasteiger partial charge on any atom is 0.144 e. The normalized spacial score (nSPS) is 16.6. The van der Waals surface area contributed by atoms with E-state index in [9.17, 15) is 8.76 Å². The molecular weight excluding hydrogens is 242 g/mol. The summed E-state index contributed by atoms with van der Waals surface area (Å²) in [6.07, 6.45) is 2.41. The largest absolute Gasteiger partial charge is 0.748 e. The van der Waals surface area contributed by atoms with E-state index >= 15 is 0 Å². The highest BCUT2D eigenvalue weighted by Crippen LogP contribution is 2.32. The Bertz CT molecular complexity index is 408. The minimum absolute atomic E-state index is 0.595. The zero-order valence-electron chi connectivity index (χ0n) is 9.50. The zero-order chi connectivity index (χ0) is 12.3. The molecule has 0 heterocycles. The second kappa shape index (κ2) is 5.48. The maximum absolute atomic E-state index is 10.5. The minimum atomic E-state index is -2.58. The number of hydroxylamine groups is 1. The van der Waals surface area contributed by atoms with Gasteiger partial charge in [-0.25, -0.2) is 9.27 Å². The first-order chi connectivity index (χ1) is 8.16. The molecular formula is C11H14NO4S-. The molecule has 1 aliphatic rings. The predicted molar refractivity (Wildman–Crippen MR) is 63.1 cm³/mol. The number of para-hydroxylation sites is 2. The Hall–Kier alpha value is -1.11. The van der Waals surface area contributed by atoms with Crippen molar-refractivity contribution in [3.05, 3.63) is 24.3 Å². The van der Waals surface area contributed by atoms with Crippen LogP contribution in [0.15, 0.2) is 24.3 Å². The highest BCUT2D eigenvalue weighted by Gasteiger charge is 2.22. The molecule has 17 heavy (non-hydrogen) atoms. The Morgan fingerprint density at radius 3 is 2.82 bits per heavy atom. The number of ether oxygens (including phenoxy) is 1. The molecule has 1 aromatic rings. The first-order valence-corrected chi connectivity index (χ1v) is 6.40. The van der Waals surface area contributed by atoms with E-state index in [1.54, 1.807) is 18.2 Å². The van der Waals surface area contributed by atoms with Crippen LogP contribution in [0.3, 0.4) is 0 Å². The average Bonchev–Trinajstić information content (AvgIpc) is 3.09. The second-order valence-corrected chi connectivity index (χ2v) is 4.56. The molecule has 0 aromatic heterocycles. The van der Waals surface area contributed by atoms with E-state index in [0.717, 1.165) is 0 Å². The summed E-state index contributed by atoms with van der Waals surface area (Å²) in [7, 11) is 1.52. The molecule has 1 unspecified atom stereocenters. The van der Waals surface area contributed by atoms with Gasteiger partial charge in [0.2, 0.25) is 0 Å². The van der Waals surface area contributed by atoms with Crippen molar-refractivity contribution in [2.24, 2.45) is 5.92 Å². The molecule has 0 spiro atoms. The lowest BCUT2D eigenvalue weighted by Crippen LogP contribution is -2.20. The summed E-state index contributed by atoms with van der Waals surface area (Å²) in [6, 6.07) is 7.18. The van der Waals surface area contributed by atoms with Crippen LogP contribution in [0.25, 0.3) is 0 Å². The van der Waals surface area contributed by atoms with Crippen molar-refractivity contribution >= 4 is 17.0 Å². The molecule has 0 N–H and O–H groups in total. The fourth-order valence-electron chi connectivity index (χ4n) is 1.46. The molecule has 1 aliphatic carbocycles. The van der Waals surface area contributed by atoms with Crippen LogP contribution in [0, 0.1) is 5.92 Å². The van der Waals surface area contributed by atoms with Crippen molar-refractivity contribution in [2.45, 2.75) is 12.8 Å². The molecule has 1 atom stereocenters. The third kappa shape index (κ3) is 3.69. The molecule has 0 amide bonds. The number of benzene rings is 1. The Labute approximate surface area is 103 Å². The molecule has 0 radical (unpaired) electrons. The van der Waals surface area contributed by atoms with E-state index in [1.165, 1.54) is 25.0 Å². The van der Waals surface area contributed by atoms with E-state index in [2.05, 4.69) is 4.28 Å². The van der Waals surface area contributed by atoms with Gasteiger partial charge in [-0.3, -0.25) is 0 Å². The smallest absolute Gasteiger partial charge is 0.144 e. The summed E-state index contributed by atoms with van der Waals surface area (Å²) in [5.41, 5.74) is 0.595. The minimum Gasteiger partial charge on any atom is -0.748 e. The SMILES string of the molecule is CN(OS(=O)[O-])c1ccccc1OCC1CC1. The molecule has 0 bridgehead atoms. The van der Waals surface area contributed by atoms with Crippen molar-refractivity contribution in [3.8, 4) is 5.75 Å². The topological polar surface area (TPSA) is 61.8 Å². The molecule has 94 valence electrons. The van der Waals surface area contributed by atoms with Crippen molar-refractivity contribution in [3.63, 3.8) is 0 Å². The number of nitrogens with zero attached hydrogens (tertiary/aromatic N) is 1. The van der Waals surface area contributed by atoms with Crippen LogP contribution >= 0.6 is 0 Å². The lowest BCUT2D eigenvalue weighted by atomic mass is 10.3. The van der Waals surface area contributed by atoms with E-state index < -0.39 is 11.4 Å². The monoisotopic (exact) mass is 256 g/mol. The van der Waals surface area contributed by atoms with E-state index in [-0.39, 0.29) is 0 Å². The van der Waals surface area contributed by atoms with Gasteiger partial charge >= 0.3 is 0 Å². The fourth-order valence-corrected chi connectivity index (χ4v) is 1.73. The maximum atomic E-state index is 10.5.